The van der Waals surface area contributed by atoms with Gasteiger partial charge in [-0.1, -0.05) is 0 Å². The van der Waals surface area contributed by atoms with Gasteiger partial charge in [-0.25, -0.2) is 14.6 Å². The number of H-pyrrole nitrogens is 1. The zero-order chi connectivity index (χ0) is 13.1. The Labute approximate surface area is 110 Å². The number of aryl methyl sites for hydroxylation is 1. The van der Waals surface area contributed by atoms with Crippen LogP contribution >= 0.6 is 0 Å². The van der Waals surface area contributed by atoms with Crippen LogP contribution in [0.5, 0.6) is 0 Å². The zero-order valence-electron chi connectivity index (χ0n) is 10.5. The number of nitrogens with zero attached hydrogens (tertiary/aromatic N) is 4. The van der Waals surface area contributed by atoms with Crippen LogP contribution in [0, 0.1) is 6.92 Å². The van der Waals surface area contributed by atoms with E-state index in [0.717, 1.165) is 23.0 Å². The maximum atomic E-state index is 4.35. The molecule has 0 aliphatic heterocycles. The Kier molecular flexibility index (Phi) is 2.97. The number of hydrogen-bond donors (Lipinski definition) is 2. The van der Waals surface area contributed by atoms with Crippen LogP contribution in [-0.4, -0.2) is 24.7 Å². The van der Waals surface area contributed by atoms with Crippen molar-refractivity contribution in [2.24, 2.45) is 0 Å². The molecule has 0 aliphatic rings. The molecule has 0 spiro atoms. The number of aromatic amines is 1. The van der Waals surface area contributed by atoms with E-state index in [9.17, 15) is 0 Å². The fourth-order valence-corrected chi connectivity index (χ4v) is 1.86. The van der Waals surface area contributed by atoms with Gasteiger partial charge in [0.2, 0.25) is 0 Å². The Morgan fingerprint density at radius 3 is 2.95 bits per heavy atom. The Hall–Kier alpha value is -2.63. The van der Waals surface area contributed by atoms with Gasteiger partial charge in [0.05, 0.1) is 24.1 Å². The summed E-state index contributed by atoms with van der Waals surface area (Å²) in [5, 5.41) is 7.54. The van der Waals surface area contributed by atoms with Crippen LogP contribution in [0.1, 0.15) is 11.5 Å². The van der Waals surface area contributed by atoms with E-state index in [0.29, 0.717) is 6.54 Å². The molecule has 3 aromatic rings. The average molecular weight is 254 g/mol. The van der Waals surface area contributed by atoms with Gasteiger partial charge in [0.15, 0.2) is 5.82 Å². The summed E-state index contributed by atoms with van der Waals surface area (Å²) in [5.41, 5.74) is 1.96. The van der Waals surface area contributed by atoms with Crippen molar-refractivity contribution in [2.75, 3.05) is 5.32 Å². The second kappa shape index (κ2) is 4.93. The number of aromatic nitrogens is 5. The second-order valence-corrected chi connectivity index (χ2v) is 4.17. The van der Waals surface area contributed by atoms with E-state index in [1.54, 1.807) is 17.1 Å². The maximum Gasteiger partial charge on any atom is 0.176 e. The van der Waals surface area contributed by atoms with Gasteiger partial charge in [0.1, 0.15) is 5.82 Å². The van der Waals surface area contributed by atoms with Gasteiger partial charge < -0.3 is 10.3 Å². The van der Waals surface area contributed by atoms with Gasteiger partial charge in [-0.2, -0.15) is 5.10 Å². The minimum Gasteiger partial charge on any atom is -0.376 e. The third kappa shape index (κ3) is 2.47. The van der Waals surface area contributed by atoms with Crippen LogP contribution in [0.15, 0.2) is 43.0 Å². The minimum atomic E-state index is 0.667. The molecule has 3 rings (SSSR count). The summed E-state index contributed by atoms with van der Waals surface area (Å²) in [6.45, 7) is 2.60. The fourth-order valence-electron chi connectivity index (χ4n) is 1.86. The molecule has 6 nitrogen and oxygen atoms in total. The number of imidazole rings is 1. The summed E-state index contributed by atoms with van der Waals surface area (Å²) in [5.74, 6) is 1.69. The lowest BCUT2D eigenvalue weighted by Gasteiger charge is -2.09. The van der Waals surface area contributed by atoms with Crippen LogP contribution in [0.25, 0.3) is 5.82 Å². The number of anilines is 1. The van der Waals surface area contributed by atoms with Crippen molar-refractivity contribution < 1.29 is 0 Å². The molecule has 3 aromatic heterocycles. The quantitative estimate of drug-likeness (QED) is 0.746. The lowest BCUT2D eigenvalue weighted by molar-refractivity contribution is 0.845. The predicted molar refractivity (Wildman–Crippen MR) is 72.0 cm³/mol. The zero-order valence-corrected chi connectivity index (χ0v) is 10.5. The molecule has 0 aliphatic carbocycles. The van der Waals surface area contributed by atoms with E-state index < -0.39 is 0 Å². The Balaban J connectivity index is 1.81. The summed E-state index contributed by atoms with van der Waals surface area (Å²) in [4.78, 5) is 11.7. The molecular weight excluding hydrogens is 240 g/mol. The first-order chi connectivity index (χ1) is 9.33. The molecule has 6 heteroatoms. The van der Waals surface area contributed by atoms with E-state index in [-0.39, 0.29) is 0 Å². The van der Waals surface area contributed by atoms with E-state index in [2.05, 4.69) is 25.4 Å². The lowest BCUT2D eigenvalue weighted by Crippen LogP contribution is -2.06. The Bertz CT molecular complexity index is 655. The molecule has 0 saturated heterocycles. The van der Waals surface area contributed by atoms with E-state index in [1.165, 1.54) is 0 Å². The standard InChI is InChI=1S/C13H14N6/c1-10-15-8-11(18-10)9-16-12-4-2-5-14-13(12)19-7-3-6-17-19/h2-8,16H,9H2,1H3,(H,15,18). The number of hydrogen-bond acceptors (Lipinski definition) is 4. The Morgan fingerprint density at radius 1 is 1.26 bits per heavy atom. The summed E-state index contributed by atoms with van der Waals surface area (Å²) in [6.07, 6.45) is 7.18. The summed E-state index contributed by atoms with van der Waals surface area (Å²) in [6, 6.07) is 5.75. The van der Waals surface area contributed by atoms with E-state index in [4.69, 9.17) is 0 Å². The van der Waals surface area contributed by atoms with Gasteiger partial charge in [-0.3, -0.25) is 0 Å². The van der Waals surface area contributed by atoms with Crippen molar-refractivity contribution in [3.8, 4) is 5.82 Å². The van der Waals surface area contributed by atoms with Crippen LogP contribution in [0.4, 0.5) is 5.69 Å². The SMILES string of the molecule is Cc1ncc(CNc2cccnc2-n2cccn2)[nH]1. The highest BCUT2D eigenvalue weighted by Crippen LogP contribution is 2.16. The summed E-state index contributed by atoms with van der Waals surface area (Å²) in [7, 11) is 0. The van der Waals surface area contributed by atoms with Crippen LogP contribution in [-0.2, 0) is 6.54 Å². The second-order valence-electron chi connectivity index (χ2n) is 4.17. The van der Waals surface area contributed by atoms with Crippen LogP contribution in [0.3, 0.4) is 0 Å². The molecule has 3 heterocycles. The molecule has 0 unspecified atom stereocenters. The third-order valence-corrected chi connectivity index (χ3v) is 2.73. The van der Waals surface area contributed by atoms with Crippen molar-refractivity contribution in [2.45, 2.75) is 13.5 Å². The maximum absolute atomic E-state index is 4.35. The molecule has 0 radical (unpaired) electrons. The van der Waals surface area contributed by atoms with Crippen molar-refractivity contribution in [3.05, 3.63) is 54.5 Å². The van der Waals surface area contributed by atoms with E-state index >= 15 is 0 Å². The highest BCUT2D eigenvalue weighted by atomic mass is 15.3. The first kappa shape index (κ1) is 11.5. The van der Waals surface area contributed by atoms with Gasteiger partial charge in [0.25, 0.3) is 0 Å². The lowest BCUT2D eigenvalue weighted by atomic mass is 10.3. The predicted octanol–water partition coefficient (Wildman–Crippen LogP) is 1.91. The molecule has 0 saturated carbocycles. The molecule has 2 N–H and O–H groups in total. The van der Waals surface area contributed by atoms with Gasteiger partial charge >= 0.3 is 0 Å². The molecule has 0 amide bonds. The van der Waals surface area contributed by atoms with Gasteiger partial charge in [-0.05, 0) is 25.1 Å². The number of nitrogens with one attached hydrogen (secondary N) is 2. The van der Waals surface area contributed by atoms with Crippen LogP contribution < -0.4 is 5.32 Å². The summed E-state index contributed by atoms with van der Waals surface area (Å²) < 4.78 is 1.74. The smallest absolute Gasteiger partial charge is 0.176 e. The Morgan fingerprint density at radius 2 is 2.21 bits per heavy atom. The van der Waals surface area contributed by atoms with Crippen molar-refractivity contribution in [1.29, 1.82) is 0 Å². The first-order valence-electron chi connectivity index (χ1n) is 6.02. The summed E-state index contributed by atoms with van der Waals surface area (Å²) >= 11 is 0. The topological polar surface area (TPSA) is 71.4 Å². The molecule has 0 atom stereocenters. The molecule has 19 heavy (non-hydrogen) atoms. The first-order valence-corrected chi connectivity index (χ1v) is 6.02. The monoisotopic (exact) mass is 254 g/mol. The molecule has 96 valence electrons. The van der Waals surface area contributed by atoms with E-state index in [1.807, 2.05) is 37.5 Å². The largest absolute Gasteiger partial charge is 0.376 e. The number of pyridine rings is 1. The number of rotatable bonds is 4. The van der Waals surface area contributed by atoms with Crippen molar-refractivity contribution in [3.63, 3.8) is 0 Å². The third-order valence-electron chi connectivity index (χ3n) is 2.73. The molecule has 0 fully saturated rings. The average Bonchev–Trinajstić information content (AvgIpc) is 3.08. The molecular formula is C13H14N6. The van der Waals surface area contributed by atoms with Crippen LogP contribution in [0.2, 0.25) is 0 Å². The normalized spacial score (nSPS) is 10.6. The fraction of sp³-hybridized carbons (Fsp3) is 0.154. The minimum absolute atomic E-state index is 0.667. The molecule has 0 bridgehead atoms. The highest BCUT2D eigenvalue weighted by Gasteiger charge is 2.05. The van der Waals surface area contributed by atoms with Gasteiger partial charge in [0, 0.05) is 18.6 Å². The van der Waals surface area contributed by atoms with Crippen molar-refractivity contribution >= 4 is 5.69 Å². The highest BCUT2D eigenvalue weighted by molar-refractivity contribution is 5.56. The van der Waals surface area contributed by atoms with Gasteiger partial charge in [-0.15, -0.1) is 0 Å². The van der Waals surface area contributed by atoms with Crippen molar-refractivity contribution in [1.82, 2.24) is 24.7 Å². The molecule has 0 aromatic carbocycles.